The first-order chi connectivity index (χ1) is 12.5. The molecule has 1 aliphatic rings. The SMILES string of the molecule is C=C(N/N=C(\C)C1CC1)Nc1nc(NCC(CCC)OCC)ncc1Br. The van der Waals surface area contributed by atoms with Gasteiger partial charge in [-0.15, -0.1) is 0 Å². The normalized spacial score (nSPS) is 15.5. The van der Waals surface area contributed by atoms with Gasteiger partial charge in [0.25, 0.3) is 0 Å². The highest BCUT2D eigenvalue weighted by Gasteiger charge is 2.24. The van der Waals surface area contributed by atoms with Gasteiger partial charge in [-0.3, -0.25) is 5.43 Å². The Morgan fingerprint density at radius 2 is 2.23 bits per heavy atom. The van der Waals surface area contributed by atoms with Gasteiger partial charge in [-0.25, -0.2) is 4.98 Å². The zero-order valence-electron chi connectivity index (χ0n) is 15.8. The Kier molecular flexibility index (Phi) is 8.31. The van der Waals surface area contributed by atoms with E-state index in [2.05, 4.69) is 60.6 Å². The lowest BCUT2D eigenvalue weighted by Gasteiger charge is -2.17. The smallest absolute Gasteiger partial charge is 0.224 e. The molecule has 0 saturated heterocycles. The zero-order chi connectivity index (χ0) is 18.9. The van der Waals surface area contributed by atoms with E-state index >= 15 is 0 Å². The second kappa shape index (κ2) is 10.5. The number of anilines is 2. The summed E-state index contributed by atoms with van der Waals surface area (Å²) in [4.78, 5) is 8.80. The Labute approximate surface area is 164 Å². The van der Waals surface area contributed by atoms with Crippen LogP contribution >= 0.6 is 15.9 Å². The fraction of sp³-hybridized carbons (Fsp3) is 0.611. The average Bonchev–Trinajstić information content (AvgIpc) is 3.45. The molecule has 3 N–H and O–H groups in total. The second-order valence-corrected chi connectivity index (χ2v) is 7.23. The van der Waals surface area contributed by atoms with E-state index in [4.69, 9.17) is 4.74 Å². The number of nitrogens with zero attached hydrogens (tertiary/aromatic N) is 3. The number of ether oxygens (including phenoxy) is 1. The van der Waals surface area contributed by atoms with Crippen molar-refractivity contribution in [3.63, 3.8) is 0 Å². The number of hydrazone groups is 1. The minimum Gasteiger partial charge on any atom is -0.377 e. The number of aromatic nitrogens is 2. The molecule has 0 aromatic carbocycles. The van der Waals surface area contributed by atoms with E-state index < -0.39 is 0 Å². The fourth-order valence-electron chi connectivity index (χ4n) is 2.47. The van der Waals surface area contributed by atoms with E-state index in [1.54, 1.807) is 6.20 Å². The van der Waals surface area contributed by atoms with Crippen LogP contribution in [0.5, 0.6) is 0 Å². The lowest BCUT2D eigenvalue weighted by Crippen LogP contribution is -2.24. The molecule has 1 fully saturated rings. The van der Waals surface area contributed by atoms with Crippen molar-refractivity contribution < 1.29 is 4.74 Å². The van der Waals surface area contributed by atoms with Crippen LogP contribution in [0.15, 0.2) is 28.2 Å². The lowest BCUT2D eigenvalue weighted by molar-refractivity contribution is 0.0654. The highest BCUT2D eigenvalue weighted by atomic mass is 79.9. The van der Waals surface area contributed by atoms with Gasteiger partial charge in [0.15, 0.2) is 5.82 Å². The van der Waals surface area contributed by atoms with Crippen molar-refractivity contribution >= 4 is 33.4 Å². The third-order valence-corrected chi connectivity index (χ3v) is 4.63. The van der Waals surface area contributed by atoms with Gasteiger partial charge in [-0.2, -0.15) is 10.1 Å². The molecule has 2 rings (SSSR count). The molecular formula is C18H29BrN6O. The van der Waals surface area contributed by atoms with Crippen LogP contribution in [0.1, 0.15) is 46.5 Å². The lowest BCUT2D eigenvalue weighted by atomic mass is 10.2. The second-order valence-electron chi connectivity index (χ2n) is 6.38. The van der Waals surface area contributed by atoms with Crippen molar-refractivity contribution in [3.05, 3.63) is 23.1 Å². The molecule has 8 heteroatoms. The van der Waals surface area contributed by atoms with Gasteiger partial charge in [-0.1, -0.05) is 19.9 Å². The number of hydrogen-bond donors (Lipinski definition) is 3. The predicted octanol–water partition coefficient (Wildman–Crippen LogP) is 4.11. The molecular weight excluding hydrogens is 396 g/mol. The average molecular weight is 425 g/mol. The highest BCUT2D eigenvalue weighted by molar-refractivity contribution is 9.10. The molecule has 0 aliphatic heterocycles. The van der Waals surface area contributed by atoms with Gasteiger partial charge in [-0.05, 0) is 55.0 Å². The van der Waals surface area contributed by atoms with Crippen molar-refractivity contribution in [1.82, 2.24) is 15.4 Å². The van der Waals surface area contributed by atoms with Crippen LogP contribution in [0.2, 0.25) is 0 Å². The van der Waals surface area contributed by atoms with Crippen molar-refractivity contribution in [2.45, 2.75) is 52.6 Å². The third-order valence-electron chi connectivity index (χ3n) is 4.05. The van der Waals surface area contributed by atoms with E-state index in [0.717, 1.165) is 23.0 Å². The number of halogens is 1. The Bertz CT molecular complexity index is 626. The molecule has 1 heterocycles. The van der Waals surface area contributed by atoms with Gasteiger partial charge >= 0.3 is 0 Å². The van der Waals surface area contributed by atoms with Gasteiger partial charge in [0.2, 0.25) is 5.95 Å². The minimum absolute atomic E-state index is 0.157. The van der Waals surface area contributed by atoms with E-state index in [1.807, 2.05) is 13.8 Å². The Morgan fingerprint density at radius 3 is 2.88 bits per heavy atom. The third kappa shape index (κ3) is 6.92. The molecule has 1 aliphatic carbocycles. The quantitative estimate of drug-likeness (QED) is 0.345. The molecule has 1 saturated carbocycles. The van der Waals surface area contributed by atoms with Crippen LogP contribution in [-0.2, 0) is 4.74 Å². The number of rotatable bonds is 12. The first kappa shape index (κ1) is 20.6. The Hall–Kier alpha value is -1.67. The van der Waals surface area contributed by atoms with Crippen LogP contribution in [0.3, 0.4) is 0 Å². The van der Waals surface area contributed by atoms with Crippen LogP contribution in [0.25, 0.3) is 0 Å². The standard InChI is InChI=1S/C18H29BrN6O/c1-5-7-15(26-6-2)10-20-18-21-11-16(19)17(23-18)22-13(4)25-24-12(3)14-8-9-14/h11,14-15,25H,4-10H2,1-3H3,(H2,20,21,22,23)/b24-12+. The van der Waals surface area contributed by atoms with Gasteiger partial charge in [0.1, 0.15) is 5.82 Å². The predicted molar refractivity (Wildman–Crippen MR) is 110 cm³/mol. The maximum absolute atomic E-state index is 5.72. The summed E-state index contributed by atoms with van der Waals surface area (Å²) in [7, 11) is 0. The van der Waals surface area contributed by atoms with Crippen molar-refractivity contribution in [2.24, 2.45) is 11.0 Å². The molecule has 0 radical (unpaired) electrons. The molecule has 0 spiro atoms. The van der Waals surface area contributed by atoms with Gasteiger partial charge in [0.05, 0.1) is 10.6 Å². The number of hydrogen-bond acceptors (Lipinski definition) is 7. The Balaban J connectivity index is 1.91. The summed E-state index contributed by atoms with van der Waals surface area (Å²) in [6.45, 7) is 11.5. The van der Waals surface area contributed by atoms with Crippen molar-refractivity contribution in [3.8, 4) is 0 Å². The van der Waals surface area contributed by atoms with E-state index in [-0.39, 0.29) is 6.10 Å². The molecule has 7 nitrogen and oxygen atoms in total. The largest absolute Gasteiger partial charge is 0.377 e. The molecule has 144 valence electrons. The number of nitrogens with one attached hydrogen (secondary N) is 3. The van der Waals surface area contributed by atoms with Crippen molar-refractivity contribution in [2.75, 3.05) is 23.8 Å². The maximum atomic E-state index is 5.72. The topological polar surface area (TPSA) is 83.5 Å². The van der Waals surface area contributed by atoms with Crippen LogP contribution in [-0.4, -0.2) is 34.9 Å². The van der Waals surface area contributed by atoms with Gasteiger partial charge in [0, 0.05) is 25.1 Å². The summed E-state index contributed by atoms with van der Waals surface area (Å²) in [5, 5.41) is 10.7. The first-order valence-corrected chi connectivity index (χ1v) is 9.96. The summed E-state index contributed by atoms with van der Waals surface area (Å²) in [6, 6.07) is 0. The summed E-state index contributed by atoms with van der Waals surface area (Å²) in [5.74, 6) is 2.36. The zero-order valence-corrected chi connectivity index (χ0v) is 17.4. The van der Waals surface area contributed by atoms with Crippen LogP contribution < -0.4 is 16.1 Å². The Morgan fingerprint density at radius 1 is 1.46 bits per heavy atom. The molecule has 1 aromatic rings. The summed E-state index contributed by atoms with van der Waals surface area (Å²) in [6.07, 6.45) is 6.40. The molecule has 26 heavy (non-hydrogen) atoms. The van der Waals surface area contributed by atoms with E-state index in [1.165, 1.54) is 12.8 Å². The highest BCUT2D eigenvalue weighted by Crippen LogP contribution is 2.30. The molecule has 0 amide bonds. The summed E-state index contributed by atoms with van der Waals surface area (Å²) >= 11 is 3.46. The van der Waals surface area contributed by atoms with Crippen LogP contribution in [0.4, 0.5) is 11.8 Å². The van der Waals surface area contributed by atoms with E-state index in [9.17, 15) is 0 Å². The van der Waals surface area contributed by atoms with Crippen molar-refractivity contribution in [1.29, 1.82) is 0 Å². The van der Waals surface area contributed by atoms with E-state index in [0.29, 0.717) is 36.7 Å². The molecule has 1 aromatic heterocycles. The maximum Gasteiger partial charge on any atom is 0.224 e. The first-order valence-electron chi connectivity index (χ1n) is 9.17. The van der Waals surface area contributed by atoms with Gasteiger partial charge < -0.3 is 15.4 Å². The molecule has 1 unspecified atom stereocenters. The summed E-state index contributed by atoms with van der Waals surface area (Å²) < 4.78 is 6.47. The monoisotopic (exact) mass is 424 g/mol. The summed E-state index contributed by atoms with van der Waals surface area (Å²) in [5.41, 5.74) is 4.05. The molecule has 0 bridgehead atoms. The van der Waals surface area contributed by atoms with Crippen LogP contribution in [0, 0.1) is 5.92 Å². The molecule has 1 atom stereocenters. The minimum atomic E-state index is 0.157. The fourth-order valence-corrected chi connectivity index (χ4v) is 2.76.